The van der Waals surface area contributed by atoms with Gasteiger partial charge in [0.15, 0.2) is 0 Å². The summed E-state index contributed by atoms with van der Waals surface area (Å²) in [6, 6.07) is 17.7. The van der Waals surface area contributed by atoms with E-state index in [-0.39, 0.29) is 0 Å². The smallest absolute Gasteiger partial charge is 0.132 e. The lowest BCUT2D eigenvalue weighted by Crippen LogP contribution is -1.95. The Labute approximate surface area is 147 Å². The summed E-state index contributed by atoms with van der Waals surface area (Å²) in [5.74, 6) is 2.96. The topological polar surface area (TPSA) is 51.8 Å². The number of methoxy groups -OCH3 is 1. The molecule has 1 N–H and O–H groups in total. The molecule has 3 aromatic rings. The summed E-state index contributed by atoms with van der Waals surface area (Å²) < 4.78 is 16.5. The number of hydrogen-bond donors (Lipinski definition) is 1. The minimum Gasteiger partial charge on any atom is -0.497 e. The van der Waals surface area contributed by atoms with Crippen LogP contribution in [0.5, 0.6) is 11.5 Å². The van der Waals surface area contributed by atoms with Crippen molar-refractivity contribution in [2.45, 2.75) is 26.6 Å². The van der Waals surface area contributed by atoms with Gasteiger partial charge in [-0.1, -0.05) is 24.3 Å². The van der Waals surface area contributed by atoms with Crippen molar-refractivity contribution in [1.29, 1.82) is 0 Å². The van der Waals surface area contributed by atoms with Gasteiger partial charge in [0.1, 0.15) is 35.7 Å². The Morgan fingerprint density at radius 2 is 1.52 bits per heavy atom. The molecule has 2 aromatic carbocycles. The molecule has 0 saturated carbocycles. The van der Waals surface area contributed by atoms with Crippen molar-refractivity contribution in [3.05, 3.63) is 71.7 Å². The summed E-state index contributed by atoms with van der Waals surface area (Å²) in [5, 5.41) is 9.58. The molecule has 3 rings (SSSR count). The number of ether oxygens (including phenoxy) is 2. The van der Waals surface area contributed by atoms with Gasteiger partial charge < -0.3 is 19.0 Å². The lowest BCUT2D eigenvalue weighted by Gasteiger charge is -2.07. The van der Waals surface area contributed by atoms with Gasteiger partial charge in [0.25, 0.3) is 0 Å². The first-order valence-electron chi connectivity index (χ1n) is 8.21. The third-order valence-electron chi connectivity index (χ3n) is 4.12. The monoisotopic (exact) mass is 338 g/mol. The van der Waals surface area contributed by atoms with Crippen molar-refractivity contribution in [3.8, 4) is 22.6 Å². The van der Waals surface area contributed by atoms with Crippen LogP contribution in [0, 0.1) is 6.92 Å². The molecule has 0 fully saturated rings. The van der Waals surface area contributed by atoms with E-state index in [9.17, 15) is 5.11 Å². The third kappa shape index (κ3) is 4.03. The highest BCUT2D eigenvalue weighted by molar-refractivity contribution is 5.64. The first-order valence-corrected chi connectivity index (χ1v) is 8.21. The number of furan rings is 1. The predicted molar refractivity (Wildman–Crippen MR) is 96.8 cm³/mol. The van der Waals surface area contributed by atoms with Crippen molar-refractivity contribution in [2.75, 3.05) is 7.11 Å². The molecular formula is C21H22O4. The van der Waals surface area contributed by atoms with Crippen LogP contribution in [-0.2, 0) is 6.61 Å². The molecule has 0 spiro atoms. The van der Waals surface area contributed by atoms with E-state index >= 15 is 0 Å². The normalized spacial score (nSPS) is 12.0. The van der Waals surface area contributed by atoms with Crippen molar-refractivity contribution < 1.29 is 19.0 Å². The molecule has 0 aliphatic heterocycles. The van der Waals surface area contributed by atoms with Crippen LogP contribution in [-0.4, -0.2) is 12.2 Å². The van der Waals surface area contributed by atoms with Gasteiger partial charge in [0, 0.05) is 5.56 Å². The maximum Gasteiger partial charge on any atom is 0.132 e. The fraction of sp³-hybridized carbons (Fsp3) is 0.238. The molecule has 0 amide bonds. The van der Waals surface area contributed by atoms with Crippen LogP contribution in [0.1, 0.15) is 30.1 Å². The van der Waals surface area contributed by atoms with Gasteiger partial charge in [-0.2, -0.15) is 0 Å². The molecular weight excluding hydrogens is 316 g/mol. The molecule has 1 aromatic heterocycles. The van der Waals surface area contributed by atoms with E-state index in [1.54, 1.807) is 14.0 Å². The molecule has 0 aliphatic carbocycles. The van der Waals surface area contributed by atoms with E-state index in [4.69, 9.17) is 13.9 Å². The second-order valence-electron chi connectivity index (χ2n) is 5.95. The van der Waals surface area contributed by atoms with E-state index in [2.05, 4.69) is 0 Å². The highest BCUT2D eigenvalue weighted by Gasteiger charge is 2.11. The first kappa shape index (κ1) is 17.1. The molecule has 0 aliphatic rings. The molecule has 25 heavy (non-hydrogen) atoms. The van der Waals surface area contributed by atoms with Crippen molar-refractivity contribution in [2.24, 2.45) is 0 Å². The van der Waals surface area contributed by atoms with Gasteiger partial charge >= 0.3 is 0 Å². The lowest BCUT2D eigenvalue weighted by molar-refractivity contribution is 0.168. The fourth-order valence-corrected chi connectivity index (χ4v) is 2.58. The molecule has 4 nitrogen and oxygen atoms in total. The second kappa shape index (κ2) is 7.45. The SMILES string of the molecule is COc1ccc(-c2ccc(OCc3cc(C(C)O)oc3C)cc2)cc1. The second-order valence-corrected chi connectivity index (χ2v) is 5.95. The molecule has 4 heteroatoms. The van der Waals surface area contributed by atoms with Gasteiger partial charge in [-0.25, -0.2) is 0 Å². The number of rotatable bonds is 6. The van der Waals surface area contributed by atoms with Crippen LogP contribution in [0.3, 0.4) is 0 Å². The minimum atomic E-state index is -0.615. The molecule has 0 saturated heterocycles. The summed E-state index contributed by atoms with van der Waals surface area (Å²) in [6.07, 6.45) is -0.615. The van der Waals surface area contributed by atoms with E-state index in [0.29, 0.717) is 12.4 Å². The third-order valence-corrected chi connectivity index (χ3v) is 4.12. The number of benzene rings is 2. The Kier molecular flexibility index (Phi) is 5.10. The Bertz CT molecular complexity index is 814. The van der Waals surface area contributed by atoms with Crippen LogP contribution in [0.4, 0.5) is 0 Å². The van der Waals surface area contributed by atoms with Crippen molar-refractivity contribution >= 4 is 0 Å². The van der Waals surface area contributed by atoms with Gasteiger partial charge in [-0.05, 0) is 55.3 Å². The number of hydrogen-bond acceptors (Lipinski definition) is 4. The van der Waals surface area contributed by atoms with Gasteiger partial charge in [-0.3, -0.25) is 0 Å². The van der Waals surface area contributed by atoms with Crippen molar-refractivity contribution in [3.63, 3.8) is 0 Å². The van der Waals surface area contributed by atoms with Crippen LogP contribution in [0.15, 0.2) is 59.0 Å². The summed E-state index contributed by atoms with van der Waals surface area (Å²) in [7, 11) is 1.66. The largest absolute Gasteiger partial charge is 0.497 e. The Hall–Kier alpha value is -2.72. The predicted octanol–water partition coefficient (Wildman–Crippen LogP) is 4.90. The van der Waals surface area contributed by atoms with Crippen LogP contribution >= 0.6 is 0 Å². The zero-order chi connectivity index (χ0) is 17.8. The Morgan fingerprint density at radius 1 is 0.960 bits per heavy atom. The minimum absolute atomic E-state index is 0.407. The first-order chi connectivity index (χ1) is 12.1. The van der Waals surface area contributed by atoms with Crippen molar-refractivity contribution in [1.82, 2.24) is 0 Å². The van der Waals surface area contributed by atoms with E-state index < -0.39 is 6.10 Å². The lowest BCUT2D eigenvalue weighted by atomic mass is 10.1. The average Bonchev–Trinajstić information content (AvgIpc) is 3.02. The van der Waals surface area contributed by atoms with E-state index in [0.717, 1.165) is 33.9 Å². The Morgan fingerprint density at radius 3 is 2.00 bits per heavy atom. The number of aliphatic hydroxyl groups is 1. The zero-order valence-corrected chi connectivity index (χ0v) is 14.7. The van der Waals surface area contributed by atoms with Gasteiger partial charge in [0.2, 0.25) is 0 Å². The van der Waals surface area contributed by atoms with Crippen LogP contribution in [0.25, 0.3) is 11.1 Å². The quantitative estimate of drug-likeness (QED) is 0.695. The summed E-state index contributed by atoms with van der Waals surface area (Å²) in [5.41, 5.74) is 3.18. The standard InChI is InChI=1S/C21H22O4/c1-14(22)21-12-18(15(2)25-21)13-24-20-10-6-17(7-11-20)16-4-8-19(23-3)9-5-16/h4-12,14,22H,13H2,1-3H3. The maximum absolute atomic E-state index is 9.58. The molecule has 0 radical (unpaired) electrons. The average molecular weight is 338 g/mol. The highest BCUT2D eigenvalue weighted by atomic mass is 16.5. The molecule has 1 unspecified atom stereocenters. The van der Waals surface area contributed by atoms with Crippen LogP contribution < -0.4 is 9.47 Å². The highest BCUT2D eigenvalue weighted by Crippen LogP contribution is 2.26. The Balaban J connectivity index is 1.66. The van der Waals surface area contributed by atoms with E-state index in [1.807, 2.05) is 61.5 Å². The fourth-order valence-electron chi connectivity index (χ4n) is 2.58. The molecule has 130 valence electrons. The number of aryl methyl sites for hydroxylation is 1. The van der Waals surface area contributed by atoms with Gasteiger partial charge in [0.05, 0.1) is 7.11 Å². The summed E-state index contributed by atoms with van der Waals surface area (Å²) in [4.78, 5) is 0. The molecule has 1 atom stereocenters. The summed E-state index contributed by atoms with van der Waals surface area (Å²) in [6.45, 7) is 3.96. The molecule has 0 bridgehead atoms. The van der Waals surface area contributed by atoms with Gasteiger partial charge in [-0.15, -0.1) is 0 Å². The van der Waals surface area contributed by atoms with Crippen LogP contribution in [0.2, 0.25) is 0 Å². The summed E-state index contributed by atoms with van der Waals surface area (Å²) >= 11 is 0. The zero-order valence-electron chi connectivity index (χ0n) is 14.7. The number of aliphatic hydroxyl groups excluding tert-OH is 1. The maximum atomic E-state index is 9.58. The van der Waals surface area contributed by atoms with E-state index in [1.165, 1.54) is 0 Å². The molecule has 1 heterocycles.